The van der Waals surface area contributed by atoms with Crippen molar-refractivity contribution in [3.8, 4) is 0 Å². The lowest BCUT2D eigenvalue weighted by Crippen LogP contribution is -2.37. The molecule has 2 nitrogen and oxygen atoms in total. The van der Waals surface area contributed by atoms with Gasteiger partial charge in [-0.3, -0.25) is 0 Å². The number of nitrogens with one attached hydrogen (secondary N) is 1. The van der Waals surface area contributed by atoms with E-state index < -0.39 is 0 Å². The van der Waals surface area contributed by atoms with Gasteiger partial charge in [-0.05, 0) is 33.7 Å². The monoisotopic (exact) mass is 171 g/mol. The summed E-state index contributed by atoms with van der Waals surface area (Å²) < 4.78 is 5.19. The molecule has 2 atom stereocenters. The molecule has 0 heterocycles. The summed E-state index contributed by atoms with van der Waals surface area (Å²) >= 11 is 0. The maximum atomic E-state index is 5.19. The van der Waals surface area contributed by atoms with E-state index in [1.165, 1.54) is 0 Å². The van der Waals surface area contributed by atoms with Crippen LogP contribution in [-0.2, 0) is 4.74 Å². The lowest BCUT2D eigenvalue weighted by Gasteiger charge is -2.19. The van der Waals surface area contributed by atoms with E-state index in [1.54, 1.807) is 7.11 Å². The number of hydrogen-bond donors (Lipinski definition) is 1. The van der Waals surface area contributed by atoms with Crippen LogP contribution in [0.5, 0.6) is 0 Å². The van der Waals surface area contributed by atoms with Gasteiger partial charge in [0.2, 0.25) is 0 Å². The third-order valence-corrected chi connectivity index (χ3v) is 2.09. The molecule has 12 heavy (non-hydrogen) atoms. The van der Waals surface area contributed by atoms with Crippen LogP contribution >= 0.6 is 0 Å². The molecule has 0 aliphatic rings. The largest absolute Gasteiger partial charge is 0.380 e. The Morgan fingerprint density at radius 1 is 1.42 bits per heavy atom. The lowest BCUT2D eigenvalue weighted by atomic mass is 10.2. The molecule has 0 aromatic rings. The van der Waals surface area contributed by atoms with Crippen molar-refractivity contribution in [3.05, 3.63) is 12.2 Å². The smallest absolute Gasteiger partial charge is 0.0693 e. The highest BCUT2D eigenvalue weighted by atomic mass is 16.5. The van der Waals surface area contributed by atoms with E-state index in [2.05, 4.69) is 31.3 Å². The SMILES string of the molecule is C/C=C/CCNC(C)C(C)OC. The van der Waals surface area contributed by atoms with E-state index in [0.717, 1.165) is 13.0 Å². The van der Waals surface area contributed by atoms with Crippen LogP contribution in [0, 0.1) is 0 Å². The molecule has 0 aliphatic heterocycles. The highest BCUT2D eigenvalue weighted by molar-refractivity contribution is 4.78. The van der Waals surface area contributed by atoms with Gasteiger partial charge in [0.25, 0.3) is 0 Å². The number of ether oxygens (including phenoxy) is 1. The Morgan fingerprint density at radius 3 is 2.58 bits per heavy atom. The molecule has 2 heteroatoms. The van der Waals surface area contributed by atoms with Crippen LogP contribution in [0.3, 0.4) is 0 Å². The Bertz CT molecular complexity index is 123. The molecule has 0 aromatic carbocycles. The van der Waals surface area contributed by atoms with E-state index in [9.17, 15) is 0 Å². The van der Waals surface area contributed by atoms with Gasteiger partial charge in [-0.15, -0.1) is 0 Å². The summed E-state index contributed by atoms with van der Waals surface area (Å²) in [6, 6.07) is 0.431. The average molecular weight is 171 g/mol. The second kappa shape index (κ2) is 7.32. The van der Waals surface area contributed by atoms with Gasteiger partial charge in [0, 0.05) is 13.2 Å². The summed E-state index contributed by atoms with van der Waals surface area (Å²) in [6.45, 7) is 7.29. The van der Waals surface area contributed by atoms with Crippen molar-refractivity contribution in [2.45, 2.75) is 39.3 Å². The van der Waals surface area contributed by atoms with E-state index in [-0.39, 0.29) is 6.10 Å². The quantitative estimate of drug-likeness (QED) is 0.487. The molecule has 0 fully saturated rings. The van der Waals surface area contributed by atoms with Crippen molar-refractivity contribution < 1.29 is 4.74 Å². The Labute approximate surface area is 76.0 Å². The van der Waals surface area contributed by atoms with Crippen molar-refractivity contribution in [1.82, 2.24) is 5.32 Å². The van der Waals surface area contributed by atoms with Gasteiger partial charge in [0.15, 0.2) is 0 Å². The first-order chi connectivity index (χ1) is 5.72. The molecule has 2 unspecified atom stereocenters. The van der Waals surface area contributed by atoms with Gasteiger partial charge >= 0.3 is 0 Å². The number of methoxy groups -OCH3 is 1. The van der Waals surface area contributed by atoms with Gasteiger partial charge in [-0.2, -0.15) is 0 Å². The van der Waals surface area contributed by atoms with Crippen LogP contribution in [0.4, 0.5) is 0 Å². The number of rotatable bonds is 6. The van der Waals surface area contributed by atoms with Crippen LogP contribution in [0.1, 0.15) is 27.2 Å². The zero-order valence-electron chi connectivity index (χ0n) is 8.63. The first-order valence-corrected chi connectivity index (χ1v) is 4.59. The third kappa shape index (κ3) is 5.33. The maximum absolute atomic E-state index is 5.19. The van der Waals surface area contributed by atoms with Gasteiger partial charge in [-0.25, -0.2) is 0 Å². The van der Waals surface area contributed by atoms with Crippen LogP contribution in [0.15, 0.2) is 12.2 Å². The van der Waals surface area contributed by atoms with E-state index in [1.807, 2.05) is 6.92 Å². The first-order valence-electron chi connectivity index (χ1n) is 4.59. The number of allylic oxidation sites excluding steroid dienone is 1. The van der Waals surface area contributed by atoms with Crippen LogP contribution in [-0.4, -0.2) is 25.8 Å². The highest BCUT2D eigenvalue weighted by Crippen LogP contribution is 1.95. The normalized spacial score (nSPS) is 16.7. The Kier molecular flexibility index (Phi) is 7.11. The summed E-state index contributed by atoms with van der Waals surface area (Å²) in [6.07, 6.45) is 5.62. The van der Waals surface area contributed by atoms with Gasteiger partial charge in [0.1, 0.15) is 0 Å². The van der Waals surface area contributed by atoms with E-state index >= 15 is 0 Å². The fourth-order valence-corrected chi connectivity index (χ4v) is 0.931. The average Bonchev–Trinajstić information content (AvgIpc) is 2.10. The molecule has 0 spiro atoms. The predicted octanol–water partition coefficient (Wildman–Crippen LogP) is 1.97. The second-order valence-electron chi connectivity index (χ2n) is 3.04. The minimum Gasteiger partial charge on any atom is -0.380 e. The molecule has 0 rings (SSSR count). The summed E-state index contributed by atoms with van der Waals surface area (Å²) in [5.41, 5.74) is 0. The van der Waals surface area contributed by atoms with Crippen LogP contribution in [0.2, 0.25) is 0 Å². The predicted molar refractivity (Wildman–Crippen MR) is 53.4 cm³/mol. The third-order valence-electron chi connectivity index (χ3n) is 2.09. The van der Waals surface area contributed by atoms with E-state index in [4.69, 9.17) is 4.74 Å². The summed E-state index contributed by atoms with van der Waals surface area (Å²) in [7, 11) is 1.74. The molecule has 0 amide bonds. The van der Waals surface area contributed by atoms with Crippen molar-refractivity contribution in [3.63, 3.8) is 0 Å². The Balaban J connectivity index is 3.36. The fourth-order valence-electron chi connectivity index (χ4n) is 0.931. The fraction of sp³-hybridized carbons (Fsp3) is 0.800. The molecule has 0 radical (unpaired) electrons. The number of hydrogen-bond acceptors (Lipinski definition) is 2. The summed E-state index contributed by atoms with van der Waals surface area (Å²) in [4.78, 5) is 0. The highest BCUT2D eigenvalue weighted by Gasteiger charge is 2.08. The zero-order valence-corrected chi connectivity index (χ0v) is 8.63. The van der Waals surface area contributed by atoms with Crippen molar-refractivity contribution in [1.29, 1.82) is 0 Å². The summed E-state index contributed by atoms with van der Waals surface area (Å²) in [5, 5.41) is 3.39. The molecule has 1 N–H and O–H groups in total. The topological polar surface area (TPSA) is 21.3 Å². The van der Waals surface area contributed by atoms with Gasteiger partial charge < -0.3 is 10.1 Å². The molecule has 72 valence electrons. The molecule has 0 saturated heterocycles. The zero-order chi connectivity index (χ0) is 9.40. The molecule has 0 saturated carbocycles. The van der Waals surface area contributed by atoms with Gasteiger partial charge in [0.05, 0.1) is 6.10 Å². The van der Waals surface area contributed by atoms with Crippen LogP contribution in [0.25, 0.3) is 0 Å². The van der Waals surface area contributed by atoms with Crippen molar-refractivity contribution in [2.75, 3.05) is 13.7 Å². The van der Waals surface area contributed by atoms with Crippen molar-refractivity contribution in [2.24, 2.45) is 0 Å². The minimum atomic E-state index is 0.288. The first kappa shape index (κ1) is 11.7. The molecular weight excluding hydrogens is 150 g/mol. The molecule has 0 bridgehead atoms. The summed E-state index contributed by atoms with van der Waals surface area (Å²) in [5.74, 6) is 0. The molecule has 0 aromatic heterocycles. The van der Waals surface area contributed by atoms with Crippen LogP contribution < -0.4 is 5.32 Å². The standard InChI is InChI=1S/C10H21NO/c1-5-6-7-8-11-9(2)10(3)12-4/h5-6,9-11H,7-8H2,1-4H3/b6-5+. The van der Waals surface area contributed by atoms with Crippen molar-refractivity contribution >= 4 is 0 Å². The molecular formula is C10H21NO. The Hall–Kier alpha value is -0.340. The van der Waals surface area contributed by atoms with Gasteiger partial charge in [-0.1, -0.05) is 12.2 Å². The maximum Gasteiger partial charge on any atom is 0.0693 e. The molecule has 0 aliphatic carbocycles. The second-order valence-corrected chi connectivity index (χ2v) is 3.04. The lowest BCUT2D eigenvalue weighted by molar-refractivity contribution is 0.0891. The minimum absolute atomic E-state index is 0.288. The Morgan fingerprint density at radius 2 is 2.08 bits per heavy atom. The van der Waals surface area contributed by atoms with E-state index in [0.29, 0.717) is 6.04 Å².